The zero-order valence-electron chi connectivity index (χ0n) is 14.7. The highest BCUT2D eigenvalue weighted by Crippen LogP contribution is 2.20. The summed E-state index contributed by atoms with van der Waals surface area (Å²) in [6.45, 7) is 0.970. The molecule has 1 fully saturated rings. The minimum Gasteiger partial charge on any atom is -0.354 e. The standard InChI is InChI=1S/C19H21N3O4S/c20-27(25,26)16-8-6-14(7-9-16)10-12-21-18(23)17-11-13-22(17)19(24)15-4-2-1-3-5-15/h1-9,17H,10-13H2,(H,21,23)(H2,20,25,26)/t17-/m1/s1. The van der Waals surface area contributed by atoms with Gasteiger partial charge in [-0.1, -0.05) is 30.3 Å². The first-order valence-electron chi connectivity index (χ1n) is 8.62. The molecule has 3 rings (SSSR count). The van der Waals surface area contributed by atoms with E-state index >= 15 is 0 Å². The van der Waals surface area contributed by atoms with Crippen molar-refractivity contribution in [3.8, 4) is 0 Å². The quantitative estimate of drug-likeness (QED) is 0.768. The smallest absolute Gasteiger partial charge is 0.254 e. The fraction of sp³-hybridized carbons (Fsp3) is 0.263. The summed E-state index contributed by atoms with van der Waals surface area (Å²) >= 11 is 0. The van der Waals surface area contributed by atoms with Crippen LogP contribution in [0.3, 0.4) is 0 Å². The first-order valence-corrected chi connectivity index (χ1v) is 10.2. The zero-order valence-corrected chi connectivity index (χ0v) is 15.5. The van der Waals surface area contributed by atoms with Gasteiger partial charge in [0, 0.05) is 18.7 Å². The maximum absolute atomic E-state index is 12.4. The summed E-state index contributed by atoms with van der Waals surface area (Å²) in [4.78, 5) is 26.4. The maximum atomic E-state index is 12.4. The van der Waals surface area contributed by atoms with Gasteiger partial charge in [-0.2, -0.15) is 0 Å². The number of nitrogens with two attached hydrogens (primary N) is 1. The number of carbonyl (C=O) groups excluding carboxylic acids is 2. The summed E-state index contributed by atoms with van der Waals surface area (Å²) in [5, 5.41) is 7.90. The zero-order chi connectivity index (χ0) is 19.4. The van der Waals surface area contributed by atoms with Gasteiger partial charge in [0.2, 0.25) is 15.9 Å². The first kappa shape index (κ1) is 19.1. The van der Waals surface area contributed by atoms with Crippen molar-refractivity contribution in [3.63, 3.8) is 0 Å². The molecular formula is C19H21N3O4S. The van der Waals surface area contributed by atoms with Crippen LogP contribution in [-0.4, -0.2) is 44.3 Å². The van der Waals surface area contributed by atoms with Gasteiger partial charge in [-0.3, -0.25) is 9.59 Å². The van der Waals surface area contributed by atoms with Gasteiger partial charge in [0.15, 0.2) is 0 Å². The van der Waals surface area contributed by atoms with E-state index in [1.165, 1.54) is 12.1 Å². The molecule has 0 radical (unpaired) electrons. The molecule has 1 heterocycles. The summed E-state index contributed by atoms with van der Waals surface area (Å²) in [6.07, 6.45) is 1.20. The van der Waals surface area contributed by atoms with E-state index in [2.05, 4.69) is 5.32 Å². The molecule has 2 aromatic carbocycles. The lowest BCUT2D eigenvalue weighted by molar-refractivity contribution is -0.129. The Morgan fingerprint density at radius 1 is 1.07 bits per heavy atom. The Labute approximate surface area is 158 Å². The van der Waals surface area contributed by atoms with Gasteiger partial charge in [0.1, 0.15) is 6.04 Å². The SMILES string of the molecule is NS(=O)(=O)c1ccc(CCNC(=O)[C@H]2CCN2C(=O)c2ccccc2)cc1. The third-order valence-electron chi connectivity index (χ3n) is 4.57. The normalized spacial score (nSPS) is 16.5. The van der Waals surface area contributed by atoms with Crippen molar-refractivity contribution in [3.05, 3.63) is 65.7 Å². The predicted octanol–water partition coefficient (Wildman–Crippen LogP) is 0.907. The molecule has 0 aliphatic carbocycles. The number of nitrogens with zero attached hydrogens (tertiary/aromatic N) is 1. The molecule has 1 atom stereocenters. The van der Waals surface area contributed by atoms with E-state index in [4.69, 9.17) is 5.14 Å². The van der Waals surface area contributed by atoms with Crippen LogP contribution in [0.2, 0.25) is 0 Å². The molecule has 0 saturated carbocycles. The van der Waals surface area contributed by atoms with Gasteiger partial charge in [-0.15, -0.1) is 0 Å². The Hall–Kier alpha value is -2.71. The minimum absolute atomic E-state index is 0.0554. The van der Waals surface area contributed by atoms with Gasteiger partial charge in [0.05, 0.1) is 4.90 Å². The fourth-order valence-electron chi connectivity index (χ4n) is 2.94. The van der Waals surface area contributed by atoms with Crippen LogP contribution in [0.4, 0.5) is 0 Å². The Balaban J connectivity index is 1.50. The van der Waals surface area contributed by atoms with Gasteiger partial charge in [-0.05, 0) is 42.7 Å². The first-order chi connectivity index (χ1) is 12.9. The molecule has 2 amide bonds. The number of carbonyl (C=O) groups is 2. The van der Waals surface area contributed by atoms with E-state index in [1.54, 1.807) is 41.3 Å². The molecule has 0 unspecified atom stereocenters. The topological polar surface area (TPSA) is 110 Å². The highest BCUT2D eigenvalue weighted by molar-refractivity contribution is 7.89. The molecule has 1 saturated heterocycles. The molecule has 2 aromatic rings. The van der Waals surface area contributed by atoms with E-state index in [0.29, 0.717) is 31.5 Å². The number of likely N-dealkylation sites (tertiary alicyclic amines) is 1. The number of primary sulfonamides is 1. The van der Waals surface area contributed by atoms with E-state index in [-0.39, 0.29) is 16.7 Å². The average Bonchev–Trinajstić information content (AvgIpc) is 2.61. The molecule has 0 spiro atoms. The molecule has 8 heteroatoms. The Bertz CT molecular complexity index is 927. The summed E-state index contributed by atoms with van der Waals surface area (Å²) in [5.41, 5.74) is 1.46. The summed E-state index contributed by atoms with van der Waals surface area (Å²) in [6, 6.07) is 14.7. The van der Waals surface area contributed by atoms with Crippen LogP contribution in [0.1, 0.15) is 22.3 Å². The molecule has 3 N–H and O–H groups in total. The Morgan fingerprint density at radius 3 is 2.30 bits per heavy atom. The van der Waals surface area contributed by atoms with Crippen LogP contribution in [0.5, 0.6) is 0 Å². The van der Waals surface area contributed by atoms with Gasteiger partial charge < -0.3 is 10.2 Å². The minimum atomic E-state index is -3.70. The number of nitrogens with one attached hydrogen (secondary N) is 1. The third-order valence-corrected chi connectivity index (χ3v) is 5.50. The lowest BCUT2D eigenvalue weighted by Gasteiger charge is -2.39. The lowest BCUT2D eigenvalue weighted by atomic mass is 10.00. The van der Waals surface area contributed by atoms with Crippen LogP contribution < -0.4 is 10.5 Å². The van der Waals surface area contributed by atoms with Crippen LogP contribution in [0.15, 0.2) is 59.5 Å². The largest absolute Gasteiger partial charge is 0.354 e. The van der Waals surface area contributed by atoms with Crippen LogP contribution >= 0.6 is 0 Å². The number of hydrogen-bond acceptors (Lipinski definition) is 4. The summed E-state index contributed by atoms with van der Waals surface area (Å²) in [7, 11) is -3.70. The lowest BCUT2D eigenvalue weighted by Crippen LogP contribution is -2.58. The molecule has 0 aromatic heterocycles. The van der Waals surface area contributed by atoms with Crippen molar-refractivity contribution < 1.29 is 18.0 Å². The van der Waals surface area contributed by atoms with Crippen molar-refractivity contribution in [1.29, 1.82) is 0 Å². The van der Waals surface area contributed by atoms with Gasteiger partial charge in [0.25, 0.3) is 5.91 Å². The molecule has 1 aliphatic heterocycles. The average molecular weight is 387 g/mol. The monoisotopic (exact) mass is 387 g/mol. The third kappa shape index (κ3) is 4.53. The molecule has 0 bridgehead atoms. The second-order valence-corrected chi connectivity index (χ2v) is 7.96. The van der Waals surface area contributed by atoms with Crippen LogP contribution in [-0.2, 0) is 21.2 Å². The van der Waals surface area contributed by atoms with E-state index < -0.39 is 16.1 Å². The molecule has 142 valence electrons. The van der Waals surface area contributed by atoms with Crippen molar-refractivity contribution >= 4 is 21.8 Å². The fourth-order valence-corrected chi connectivity index (χ4v) is 3.46. The van der Waals surface area contributed by atoms with Crippen LogP contribution in [0.25, 0.3) is 0 Å². The maximum Gasteiger partial charge on any atom is 0.254 e. The number of rotatable bonds is 6. The van der Waals surface area contributed by atoms with E-state index in [9.17, 15) is 18.0 Å². The predicted molar refractivity (Wildman–Crippen MR) is 100 cm³/mol. The summed E-state index contributed by atoms with van der Waals surface area (Å²) < 4.78 is 22.5. The highest BCUT2D eigenvalue weighted by Gasteiger charge is 2.37. The summed E-state index contributed by atoms with van der Waals surface area (Å²) in [5.74, 6) is -0.313. The van der Waals surface area contributed by atoms with Crippen molar-refractivity contribution in [1.82, 2.24) is 10.2 Å². The van der Waals surface area contributed by atoms with Gasteiger partial charge in [-0.25, -0.2) is 13.6 Å². The number of amides is 2. The van der Waals surface area contributed by atoms with Crippen molar-refractivity contribution in [2.45, 2.75) is 23.8 Å². The Morgan fingerprint density at radius 2 is 1.74 bits per heavy atom. The highest BCUT2D eigenvalue weighted by atomic mass is 32.2. The van der Waals surface area contributed by atoms with E-state index in [1.807, 2.05) is 6.07 Å². The second-order valence-electron chi connectivity index (χ2n) is 6.40. The van der Waals surface area contributed by atoms with Crippen molar-refractivity contribution in [2.75, 3.05) is 13.1 Å². The molecular weight excluding hydrogens is 366 g/mol. The number of hydrogen-bond donors (Lipinski definition) is 2. The molecule has 7 nitrogen and oxygen atoms in total. The van der Waals surface area contributed by atoms with Gasteiger partial charge >= 0.3 is 0 Å². The van der Waals surface area contributed by atoms with E-state index in [0.717, 1.165) is 5.56 Å². The van der Waals surface area contributed by atoms with Crippen LogP contribution in [0, 0.1) is 0 Å². The number of sulfonamides is 1. The number of benzene rings is 2. The molecule has 1 aliphatic rings. The van der Waals surface area contributed by atoms with Crippen molar-refractivity contribution in [2.24, 2.45) is 5.14 Å². The Kier molecular flexibility index (Phi) is 5.57. The molecule has 27 heavy (non-hydrogen) atoms. The second kappa shape index (κ2) is 7.89.